The van der Waals surface area contributed by atoms with Gasteiger partial charge in [0.2, 0.25) is 0 Å². The number of hydrogen-bond acceptors (Lipinski definition) is 3. The van der Waals surface area contributed by atoms with Gasteiger partial charge in [0.25, 0.3) is 0 Å². The Morgan fingerprint density at radius 2 is 1.87 bits per heavy atom. The normalized spacial score (nSPS) is 9.87. The summed E-state index contributed by atoms with van der Waals surface area (Å²) in [4.78, 5) is 14.7. The molecule has 0 saturated heterocycles. The molecule has 1 aromatic carbocycles. The van der Waals surface area contributed by atoms with Gasteiger partial charge in [0.05, 0.1) is 5.56 Å². The van der Waals surface area contributed by atoms with Crippen molar-refractivity contribution in [1.29, 1.82) is 0 Å². The van der Waals surface area contributed by atoms with Gasteiger partial charge in [-0.3, -0.25) is 9.78 Å². The van der Waals surface area contributed by atoms with Crippen molar-refractivity contribution in [3.05, 3.63) is 48.2 Å². The fourth-order valence-corrected chi connectivity index (χ4v) is 1.37. The molecule has 1 heterocycles. The number of carbonyl (C=O) groups excluding carboxylic acids is 1. The van der Waals surface area contributed by atoms with Crippen molar-refractivity contribution < 1.29 is 9.90 Å². The molecule has 1 aromatic heterocycles. The Kier molecular flexibility index (Phi) is 2.46. The second kappa shape index (κ2) is 3.92. The monoisotopic (exact) mass is 199 g/mol. The molecular formula is C12H9NO2. The largest absolute Gasteiger partial charge is 0.505 e. The van der Waals surface area contributed by atoms with E-state index in [1.807, 2.05) is 30.3 Å². The molecule has 3 nitrogen and oxygen atoms in total. The van der Waals surface area contributed by atoms with Gasteiger partial charge in [0.1, 0.15) is 5.69 Å². The molecule has 0 unspecified atom stereocenters. The van der Waals surface area contributed by atoms with E-state index in [4.69, 9.17) is 0 Å². The lowest BCUT2D eigenvalue weighted by atomic mass is 10.1. The van der Waals surface area contributed by atoms with Crippen LogP contribution in [0, 0.1) is 0 Å². The molecule has 74 valence electrons. The second-order valence-corrected chi connectivity index (χ2v) is 3.08. The molecule has 0 aliphatic carbocycles. The average molecular weight is 199 g/mol. The van der Waals surface area contributed by atoms with E-state index in [-0.39, 0.29) is 11.3 Å². The van der Waals surface area contributed by atoms with Crippen LogP contribution in [0.1, 0.15) is 10.4 Å². The first-order valence-electron chi connectivity index (χ1n) is 4.51. The zero-order valence-corrected chi connectivity index (χ0v) is 7.92. The van der Waals surface area contributed by atoms with Crippen molar-refractivity contribution >= 4 is 6.29 Å². The molecular weight excluding hydrogens is 190 g/mol. The maximum Gasteiger partial charge on any atom is 0.153 e. The Morgan fingerprint density at radius 3 is 2.53 bits per heavy atom. The Morgan fingerprint density at radius 1 is 1.13 bits per heavy atom. The molecule has 0 aliphatic rings. The van der Waals surface area contributed by atoms with Gasteiger partial charge >= 0.3 is 0 Å². The van der Waals surface area contributed by atoms with Crippen LogP contribution in [-0.2, 0) is 0 Å². The highest BCUT2D eigenvalue weighted by Crippen LogP contribution is 2.28. The Bertz CT molecular complexity index is 480. The van der Waals surface area contributed by atoms with Crippen molar-refractivity contribution in [2.75, 3.05) is 0 Å². The van der Waals surface area contributed by atoms with Crippen LogP contribution in [0.15, 0.2) is 42.6 Å². The third-order valence-electron chi connectivity index (χ3n) is 2.13. The zero-order chi connectivity index (χ0) is 10.7. The lowest BCUT2D eigenvalue weighted by Crippen LogP contribution is -1.88. The topological polar surface area (TPSA) is 50.2 Å². The summed E-state index contributed by atoms with van der Waals surface area (Å²) in [6, 6.07) is 10.7. The van der Waals surface area contributed by atoms with Gasteiger partial charge < -0.3 is 5.11 Å². The van der Waals surface area contributed by atoms with Crippen LogP contribution in [0.5, 0.6) is 5.75 Å². The summed E-state index contributed by atoms with van der Waals surface area (Å²) in [7, 11) is 0. The SMILES string of the molecule is O=Cc1ccnc(-c2ccccc2)c1O. The van der Waals surface area contributed by atoms with Gasteiger partial charge in [-0.25, -0.2) is 0 Å². The van der Waals surface area contributed by atoms with Crippen LogP contribution in [0.25, 0.3) is 11.3 Å². The lowest BCUT2D eigenvalue weighted by molar-refractivity contribution is 0.112. The highest BCUT2D eigenvalue weighted by atomic mass is 16.3. The summed E-state index contributed by atoms with van der Waals surface area (Å²) >= 11 is 0. The van der Waals surface area contributed by atoms with Crippen LogP contribution in [0.4, 0.5) is 0 Å². The zero-order valence-electron chi connectivity index (χ0n) is 7.92. The number of nitrogens with zero attached hydrogens (tertiary/aromatic N) is 1. The number of benzene rings is 1. The fraction of sp³-hybridized carbons (Fsp3) is 0. The molecule has 3 heteroatoms. The highest BCUT2D eigenvalue weighted by molar-refractivity contribution is 5.83. The Labute approximate surface area is 87.0 Å². The van der Waals surface area contributed by atoms with Crippen molar-refractivity contribution in [3.63, 3.8) is 0 Å². The minimum Gasteiger partial charge on any atom is -0.505 e. The van der Waals surface area contributed by atoms with Crippen LogP contribution in [0.3, 0.4) is 0 Å². The number of rotatable bonds is 2. The Hall–Kier alpha value is -2.16. The van der Waals surface area contributed by atoms with Crippen LogP contribution < -0.4 is 0 Å². The molecule has 0 radical (unpaired) electrons. The maximum atomic E-state index is 10.6. The average Bonchev–Trinajstić information content (AvgIpc) is 2.30. The second-order valence-electron chi connectivity index (χ2n) is 3.08. The van der Waals surface area contributed by atoms with E-state index in [1.54, 1.807) is 0 Å². The van der Waals surface area contributed by atoms with Crippen LogP contribution in [-0.4, -0.2) is 16.4 Å². The molecule has 15 heavy (non-hydrogen) atoms. The van der Waals surface area contributed by atoms with Gasteiger partial charge in [-0.1, -0.05) is 30.3 Å². The van der Waals surface area contributed by atoms with Crippen LogP contribution >= 0.6 is 0 Å². The molecule has 1 N–H and O–H groups in total. The number of aromatic hydroxyl groups is 1. The minimum absolute atomic E-state index is 0.0706. The van der Waals surface area contributed by atoms with E-state index >= 15 is 0 Å². The predicted octanol–water partition coefficient (Wildman–Crippen LogP) is 2.27. The van der Waals surface area contributed by atoms with E-state index in [9.17, 15) is 9.90 Å². The van der Waals surface area contributed by atoms with E-state index < -0.39 is 0 Å². The quantitative estimate of drug-likeness (QED) is 0.755. The van der Waals surface area contributed by atoms with E-state index in [0.717, 1.165) is 5.56 Å². The van der Waals surface area contributed by atoms with E-state index in [1.165, 1.54) is 12.3 Å². The molecule has 0 spiro atoms. The summed E-state index contributed by atoms with van der Waals surface area (Å²) < 4.78 is 0. The summed E-state index contributed by atoms with van der Waals surface area (Å²) in [5.41, 5.74) is 1.47. The van der Waals surface area contributed by atoms with Crippen molar-refractivity contribution in [3.8, 4) is 17.0 Å². The van der Waals surface area contributed by atoms with Crippen molar-refractivity contribution in [2.24, 2.45) is 0 Å². The minimum atomic E-state index is -0.0706. The summed E-state index contributed by atoms with van der Waals surface area (Å²) in [5.74, 6) is -0.0706. The third-order valence-corrected chi connectivity index (χ3v) is 2.13. The number of aldehydes is 1. The fourth-order valence-electron chi connectivity index (χ4n) is 1.37. The van der Waals surface area contributed by atoms with Crippen molar-refractivity contribution in [2.45, 2.75) is 0 Å². The number of pyridine rings is 1. The molecule has 2 aromatic rings. The predicted molar refractivity (Wildman–Crippen MR) is 56.7 cm³/mol. The highest BCUT2D eigenvalue weighted by Gasteiger charge is 2.08. The first-order chi connectivity index (χ1) is 7.33. The molecule has 0 saturated carbocycles. The molecule has 0 fully saturated rings. The number of carbonyl (C=O) groups is 1. The van der Waals surface area contributed by atoms with E-state index in [2.05, 4.69) is 4.98 Å². The van der Waals surface area contributed by atoms with Gasteiger partial charge in [-0.2, -0.15) is 0 Å². The van der Waals surface area contributed by atoms with Gasteiger partial charge in [0.15, 0.2) is 12.0 Å². The number of aromatic nitrogens is 1. The molecule has 2 rings (SSSR count). The smallest absolute Gasteiger partial charge is 0.153 e. The summed E-state index contributed by atoms with van der Waals surface area (Å²) in [5, 5.41) is 9.75. The Balaban J connectivity index is 2.59. The standard InChI is InChI=1S/C12H9NO2/c14-8-10-6-7-13-11(12(10)15)9-4-2-1-3-5-9/h1-8,15H. The molecule has 0 aliphatic heterocycles. The van der Waals surface area contributed by atoms with Gasteiger partial charge in [-0.05, 0) is 6.07 Å². The van der Waals surface area contributed by atoms with Gasteiger partial charge in [0, 0.05) is 11.8 Å². The number of hydrogen-bond donors (Lipinski definition) is 1. The first kappa shape index (κ1) is 9.40. The summed E-state index contributed by atoms with van der Waals surface area (Å²) in [6.45, 7) is 0. The summed E-state index contributed by atoms with van der Waals surface area (Å²) in [6.07, 6.45) is 2.12. The first-order valence-corrected chi connectivity index (χ1v) is 4.51. The van der Waals surface area contributed by atoms with Crippen LogP contribution in [0.2, 0.25) is 0 Å². The van der Waals surface area contributed by atoms with E-state index in [0.29, 0.717) is 12.0 Å². The third kappa shape index (κ3) is 1.72. The maximum absolute atomic E-state index is 10.6. The molecule has 0 atom stereocenters. The molecule has 0 bridgehead atoms. The van der Waals surface area contributed by atoms with Crippen molar-refractivity contribution in [1.82, 2.24) is 4.98 Å². The molecule has 0 amide bonds. The lowest BCUT2D eigenvalue weighted by Gasteiger charge is -2.04. The van der Waals surface area contributed by atoms with Gasteiger partial charge in [-0.15, -0.1) is 0 Å².